The Labute approximate surface area is 119 Å². The molecule has 104 valence electrons. The predicted molar refractivity (Wildman–Crippen MR) is 73.4 cm³/mol. The standard InChI is InChI=1S/C14H16BrF2NO/c15-8-14(6-1-2-7-14)9-18-13(19)12-10(16)4-3-5-11(12)17/h3-5H,1-2,6-9H2,(H,18,19). The Hall–Kier alpha value is -0.970. The van der Waals surface area contributed by atoms with E-state index in [1.165, 1.54) is 6.07 Å². The van der Waals surface area contributed by atoms with Crippen molar-refractivity contribution in [3.05, 3.63) is 35.4 Å². The first-order chi connectivity index (χ1) is 9.08. The molecule has 0 atom stereocenters. The third-order valence-electron chi connectivity index (χ3n) is 3.76. The number of halogens is 3. The SMILES string of the molecule is O=C(NCC1(CBr)CCCC1)c1c(F)cccc1F. The lowest BCUT2D eigenvalue weighted by atomic mass is 9.89. The number of carbonyl (C=O) groups is 1. The molecule has 0 unspecified atom stereocenters. The summed E-state index contributed by atoms with van der Waals surface area (Å²) < 4.78 is 26.9. The van der Waals surface area contributed by atoms with Gasteiger partial charge in [-0.3, -0.25) is 4.79 Å². The van der Waals surface area contributed by atoms with Gasteiger partial charge in [0.1, 0.15) is 17.2 Å². The number of benzene rings is 1. The molecule has 0 saturated heterocycles. The summed E-state index contributed by atoms with van der Waals surface area (Å²) in [7, 11) is 0. The number of amides is 1. The van der Waals surface area contributed by atoms with Gasteiger partial charge in [-0.15, -0.1) is 0 Å². The minimum atomic E-state index is -0.822. The van der Waals surface area contributed by atoms with Crippen molar-refractivity contribution in [1.29, 1.82) is 0 Å². The molecular weight excluding hydrogens is 316 g/mol. The zero-order valence-electron chi connectivity index (χ0n) is 10.5. The van der Waals surface area contributed by atoms with Crippen LogP contribution in [0.5, 0.6) is 0 Å². The lowest BCUT2D eigenvalue weighted by Crippen LogP contribution is -2.37. The number of carbonyl (C=O) groups excluding carboxylic acids is 1. The van der Waals surface area contributed by atoms with Crippen LogP contribution < -0.4 is 5.32 Å². The van der Waals surface area contributed by atoms with Crippen molar-refractivity contribution < 1.29 is 13.6 Å². The van der Waals surface area contributed by atoms with Gasteiger partial charge in [-0.1, -0.05) is 34.8 Å². The van der Waals surface area contributed by atoms with Crippen molar-refractivity contribution in [1.82, 2.24) is 5.32 Å². The summed E-state index contributed by atoms with van der Waals surface area (Å²) in [5.74, 6) is -2.32. The van der Waals surface area contributed by atoms with Gasteiger partial charge in [-0.25, -0.2) is 8.78 Å². The van der Waals surface area contributed by atoms with Crippen LogP contribution in [0, 0.1) is 17.0 Å². The van der Waals surface area contributed by atoms with Gasteiger partial charge in [0.15, 0.2) is 0 Å². The van der Waals surface area contributed by atoms with Crippen LogP contribution in [0.1, 0.15) is 36.0 Å². The fourth-order valence-electron chi connectivity index (χ4n) is 2.55. The van der Waals surface area contributed by atoms with Gasteiger partial charge < -0.3 is 5.32 Å². The molecule has 0 spiro atoms. The second kappa shape index (κ2) is 5.99. The first-order valence-corrected chi connectivity index (χ1v) is 7.48. The van der Waals surface area contributed by atoms with Crippen LogP contribution in [0.2, 0.25) is 0 Å². The summed E-state index contributed by atoms with van der Waals surface area (Å²) in [4.78, 5) is 11.9. The molecule has 2 nitrogen and oxygen atoms in total. The van der Waals surface area contributed by atoms with E-state index in [9.17, 15) is 13.6 Å². The maximum atomic E-state index is 13.5. The topological polar surface area (TPSA) is 29.1 Å². The molecule has 2 rings (SSSR count). The third-order valence-corrected chi connectivity index (χ3v) is 4.95. The van der Waals surface area contributed by atoms with Gasteiger partial charge in [-0.2, -0.15) is 0 Å². The zero-order chi connectivity index (χ0) is 13.9. The van der Waals surface area contributed by atoms with Crippen LogP contribution in [-0.4, -0.2) is 17.8 Å². The van der Waals surface area contributed by atoms with Crippen molar-refractivity contribution >= 4 is 21.8 Å². The molecule has 5 heteroatoms. The van der Waals surface area contributed by atoms with E-state index >= 15 is 0 Å². The van der Waals surface area contributed by atoms with E-state index in [0.717, 1.165) is 43.1 Å². The highest BCUT2D eigenvalue weighted by Gasteiger charge is 2.33. The maximum Gasteiger partial charge on any atom is 0.257 e. The summed E-state index contributed by atoms with van der Waals surface area (Å²) >= 11 is 3.47. The molecule has 1 saturated carbocycles. The van der Waals surface area contributed by atoms with Crippen molar-refractivity contribution in [2.24, 2.45) is 5.41 Å². The third kappa shape index (κ3) is 3.14. The van der Waals surface area contributed by atoms with Crippen LogP contribution in [0.4, 0.5) is 8.78 Å². The highest BCUT2D eigenvalue weighted by Crippen LogP contribution is 2.39. The minimum Gasteiger partial charge on any atom is -0.351 e. The molecule has 1 aliphatic rings. The number of hydrogen-bond donors (Lipinski definition) is 1. The molecule has 0 heterocycles. The lowest BCUT2D eigenvalue weighted by molar-refractivity contribution is 0.0927. The van der Waals surface area contributed by atoms with Gasteiger partial charge in [0.05, 0.1) is 0 Å². The van der Waals surface area contributed by atoms with Crippen molar-refractivity contribution in [2.75, 3.05) is 11.9 Å². The van der Waals surface area contributed by atoms with E-state index in [1.54, 1.807) is 0 Å². The second-order valence-corrected chi connectivity index (χ2v) is 5.68. The molecule has 1 aromatic carbocycles. The summed E-state index contributed by atoms with van der Waals surface area (Å²) in [5, 5.41) is 3.46. The minimum absolute atomic E-state index is 0.0252. The average molecular weight is 332 g/mol. The van der Waals surface area contributed by atoms with E-state index in [0.29, 0.717) is 6.54 Å². The van der Waals surface area contributed by atoms with Crippen LogP contribution in [0.3, 0.4) is 0 Å². The first kappa shape index (κ1) is 14.4. The molecule has 1 amide bonds. The quantitative estimate of drug-likeness (QED) is 0.838. The smallest absolute Gasteiger partial charge is 0.257 e. The molecule has 1 N–H and O–H groups in total. The summed E-state index contributed by atoms with van der Waals surface area (Å²) in [6.07, 6.45) is 4.32. The molecule has 0 bridgehead atoms. The van der Waals surface area contributed by atoms with E-state index in [-0.39, 0.29) is 5.41 Å². The molecule has 1 fully saturated rings. The van der Waals surface area contributed by atoms with Crippen LogP contribution in [0.25, 0.3) is 0 Å². The highest BCUT2D eigenvalue weighted by atomic mass is 79.9. The highest BCUT2D eigenvalue weighted by molar-refractivity contribution is 9.09. The Bertz CT molecular complexity index is 452. The molecule has 0 aliphatic heterocycles. The lowest BCUT2D eigenvalue weighted by Gasteiger charge is -2.26. The van der Waals surface area contributed by atoms with Crippen LogP contribution in [-0.2, 0) is 0 Å². The monoisotopic (exact) mass is 331 g/mol. The number of alkyl halides is 1. The van der Waals surface area contributed by atoms with E-state index < -0.39 is 23.1 Å². The predicted octanol–water partition coefficient (Wildman–Crippen LogP) is 3.65. The summed E-state index contributed by atoms with van der Waals surface area (Å²) in [5.41, 5.74) is -0.470. The molecule has 1 aromatic rings. The normalized spacial score (nSPS) is 17.4. The van der Waals surface area contributed by atoms with Crippen molar-refractivity contribution in [3.63, 3.8) is 0 Å². The molecule has 0 aromatic heterocycles. The first-order valence-electron chi connectivity index (χ1n) is 6.36. The Morgan fingerprint density at radius 1 is 1.26 bits per heavy atom. The molecular formula is C14H16BrF2NO. The zero-order valence-corrected chi connectivity index (χ0v) is 12.1. The maximum absolute atomic E-state index is 13.5. The number of hydrogen-bond acceptors (Lipinski definition) is 1. The van der Waals surface area contributed by atoms with Gasteiger partial charge in [-0.05, 0) is 30.4 Å². The van der Waals surface area contributed by atoms with Gasteiger partial charge in [0.2, 0.25) is 0 Å². The van der Waals surface area contributed by atoms with Crippen molar-refractivity contribution in [2.45, 2.75) is 25.7 Å². The Balaban J connectivity index is 2.05. The molecule has 19 heavy (non-hydrogen) atoms. The largest absolute Gasteiger partial charge is 0.351 e. The Morgan fingerprint density at radius 2 is 1.84 bits per heavy atom. The number of nitrogens with one attached hydrogen (secondary N) is 1. The van der Waals surface area contributed by atoms with Gasteiger partial charge in [0, 0.05) is 11.9 Å². The van der Waals surface area contributed by atoms with E-state index in [4.69, 9.17) is 0 Å². The average Bonchev–Trinajstić information content (AvgIpc) is 2.86. The fourth-order valence-corrected chi connectivity index (χ4v) is 3.31. The molecule has 1 aliphatic carbocycles. The van der Waals surface area contributed by atoms with Gasteiger partial charge in [0.25, 0.3) is 5.91 Å². The Morgan fingerprint density at radius 3 is 2.37 bits per heavy atom. The van der Waals surface area contributed by atoms with Gasteiger partial charge >= 0.3 is 0 Å². The summed E-state index contributed by atoms with van der Waals surface area (Å²) in [6, 6.07) is 3.43. The van der Waals surface area contributed by atoms with E-state index in [2.05, 4.69) is 21.2 Å². The van der Waals surface area contributed by atoms with Crippen molar-refractivity contribution in [3.8, 4) is 0 Å². The van der Waals surface area contributed by atoms with E-state index in [1.807, 2.05) is 0 Å². The molecule has 0 radical (unpaired) electrons. The summed E-state index contributed by atoms with van der Waals surface area (Å²) in [6.45, 7) is 0.449. The second-order valence-electron chi connectivity index (χ2n) is 5.12. The number of rotatable bonds is 4. The van der Waals surface area contributed by atoms with Crippen LogP contribution >= 0.6 is 15.9 Å². The van der Waals surface area contributed by atoms with Crippen LogP contribution in [0.15, 0.2) is 18.2 Å². The Kier molecular flexibility index (Phi) is 4.55. The fraction of sp³-hybridized carbons (Fsp3) is 0.500.